The van der Waals surface area contributed by atoms with Crippen LogP contribution in [0.3, 0.4) is 0 Å². The van der Waals surface area contributed by atoms with Gasteiger partial charge in [-0.25, -0.2) is 8.42 Å². The molecule has 4 rings (SSSR count). The van der Waals surface area contributed by atoms with E-state index in [0.717, 1.165) is 25.5 Å². The largest absolute Gasteiger partial charge is 0.352 e. The smallest absolute Gasteiger partial charge is 0.264 e. The third kappa shape index (κ3) is 9.12. The molecule has 0 radical (unpaired) electrons. The second kappa shape index (κ2) is 16.0. The Bertz CT molecular complexity index is 1770. The molecule has 0 aliphatic carbocycles. The maximum atomic E-state index is 14.6. The van der Waals surface area contributed by atoms with Crippen molar-refractivity contribution in [3.8, 4) is 0 Å². The first-order valence-corrected chi connectivity index (χ1v) is 17.8. The molecule has 0 fully saturated rings. The summed E-state index contributed by atoms with van der Waals surface area (Å²) in [5.74, 6) is -0.929. The highest BCUT2D eigenvalue weighted by Crippen LogP contribution is 2.33. The lowest BCUT2D eigenvalue weighted by molar-refractivity contribution is -0.140. The number of anilines is 1. The zero-order valence-corrected chi connectivity index (χ0v) is 29.7. The van der Waals surface area contributed by atoms with E-state index in [1.54, 1.807) is 18.2 Å². The number of hydrogen-bond acceptors (Lipinski definition) is 4. The van der Waals surface area contributed by atoms with Gasteiger partial charge in [-0.05, 0) is 73.9 Å². The standard InChI is InChI=1S/C35H36BrCl2N3O4S/c1-4-25(3)39-35(43)33(20-26-9-6-5-7-10-26)40(22-27-11-8-12-28(36)19-27)34(42)23-41(32-21-29(37)15-18-31(32)38)46(44,45)30-16-13-24(2)14-17-30/h5-19,21,25,33H,4,20,22-23H2,1-3H3,(H,39,43)/t25-,33-/m1/s1. The molecule has 0 saturated heterocycles. The maximum absolute atomic E-state index is 14.6. The second-order valence-electron chi connectivity index (χ2n) is 11.1. The zero-order valence-electron chi connectivity index (χ0n) is 25.8. The molecule has 242 valence electrons. The molecule has 7 nitrogen and oxygen atoms in total. The first-order chi connectivity index (χ1) is 21.9. The lowest BCUT2D eigenvalue weighted by Gasteiger charge is -2.34. The van der Waals surface area contributed by atoms with E-state index in [4.69, 9.17) is 23.2 Å². The molecule has 2 atom stereocenters. The van der Waals surface area contributed by atoms with Crippen LogP contribution in [0.2, 0.25) is 10.0 Å². The number of halogens is 3. The van der Waals surface area contributed by atoms with E-state index in [1.807, 2.05) is 75.4 Å². The molecule has 1 N–H and O–H groups in total. The summed E-state index contributed by atoms with van der Waals surface area (Å²) in [5, 5.41) is 3.38. The molecule has 11 heteroatoms. The quantitative estimate of drug-likeness (QED) is 0.151. The van der Waals surface area contributed by atoms with Crippen LogP contribution < -0.4 is 9.62 Å². The number of hydrogen-bond donors (Lipinski definition) is 1. The molecule has 0 aliphatic rings. The van der Waals surface area contributed by atoms with E-state index >= 15 is 0 Å². The van der Waals surface area contributed by atoms with E-state index in [1.165, 1.54) is 29.2 Å². The van der Waals surface area contributed by atoms with E-state index in [0.29, 0.717) is 6.42 Å². The van der Waals surface area contributed by atoms with Crippen LogP contribution in [0.5, 0.6) is 0 Å². The summed E-state index contributed by atoms with van der Waals surface area (Å²) in [4.78, 5) is 30.0. The van der Waals surface area contributed by atoms with Crippen molar-refractivity contribution < 1.29 is 18.0 Å². The molecule has 0 aliphatic heterocycles. The Labute approximate surface area is 289 Å². The van der Waals surface area contributed by atoms with Crippen molar-refractivity contribution in [3.05, 3.63) is 128 Å². The summed E-state index contributed by atoms with van der Waals surface area (Å²) >= 11 is 16.4. The molecule has 4 aromatic carbocycles. The minimum atomic E-state index is -4.31. The number of aryl methyl sites for hydroxylation is 1. The van der Waals surface area contributed by atoms with Crippen molar-refractivity contribution in [2.24, 2.45) is 0 Å². The van der Waals surface area contributed by atoms with Gasteiger partial charge in [0, 0.05) is 28.5 Å². The molecule has 0 saturated carbocycles. The molecule has 0 spiro atoms. The van der Waals surface area contributed by atoms with Crippen LogP contribution >= 0.6 is 39.1 Å². The molecule has 46 heavy (non-hydrogen) atoms. The fourth-order valence-corrected chi connectivity index (χ4v) is 7.16. The normalized spacial score (nSPS) is 12.7. The average Bonchev–Trinajstić information content (AvgIpc) is 3.03. The fourth-order valence-electron chi connectivity index (χ4n) is 4.85. The number of nitrogens with zero attached hydrogens (tertiary/aromatic N) is 2. The van der Waals surface area contributed by atoms with Crippen LogP contribution in [0.25, 0.3) is 0 Å². The summed E-state index contributed by atoms with van der Waals surface area (Å²) < 4.78 is 30.2. The summed E-state index contributed by atoms with van der Waals surface area (Å²) in [6, 6.07) is 26.5. The number of carbonyl (C=O) groups is 2. The van der Waals surface area contributed by atoms with Gasteiger partial charge in [-0.3, -0.25) is 13.9 Å². The molecule has 4 aromatic rings. The first-order valence-electron chi connectivity index (χ1n) is 14.8. The third-order valence-corrected chi connectivity index (χ3v) is 10.4. The molecule has 0 aromatic heterocycles. The van der Waals surface area contributed by atoms with Crippen molar-refractivity contribution in [2.75, 3.05) is 10.8 Å². The van der Waals surface area contributed by atoms with Crippen LogP contribution in [0.4, 0.5) is 5.69 Å². The van der Waals surface area contributed by atoms with E-state index in [9.17, 15) is 18.0 Å². The molecular formula is C35H36BrCl2N3O4S. The Morgan fingerprint density at radius 2 is 1.57 bits per heavy atom. The highest BCUT2D eigenvalue weighted by Gasteiger charge is 2.35. The van der Waals surface area contributed by atoms with Gasteiger partial charge in [-0.15, -0.1) is 0 Å². The van der Waals surface area contributed by atoms with Gasteiger partial charge in [-0.1, -0.05) is 106 Å². The molecule has 0 unspecified atom stereocenters. The monoisotopic (exact) mass is 743 g/mol. The number of amides is 2. The van der Waals surface area contributed by atoms with E-state index in [2.05, 4.69) is 21.2 Å². The molecule has 0 bridgehead atoms. The Hall–Kier alpha value is -3.37. The van der Waals surface area contributed by atoms with Gasteiger partial charge in [0.2, 0.25) is 11.8 Å². The van der Waals surface area contributed by atoms with Gasteiger partial charge in [0.25, 0.3) is 10.0 Å². The maximum Gasteiger partial charge on any atom is 0.264 e. The van der Waals surface area contributed by atoms with Gasteiger partial charge >= 0.3 is 0 Å². The zero-order chi connectivity index (χ0) is 33.4. The Morgan fingerprint density at radius 1 is 0.891 bits per heavy atom. The van der Waals surface area contributed by atoms with E-state index in [-0.39, 0.29) is 45.5 Å². The topological polar surface area (TPSA) is 86.8 Å². The fraction of sp³-hybridized carbons (Fsp3) is 0.257. The van der Waals surface area contributed by atoms with Crippen molar-refractivity contribution in [2.45, 2.75) is 57.1 Å². The van der Waals surface area contributed by atoms with Crippen LogP contribution in [0.15, 0.2) is 106 Å². The summed E-state index contributed by atoms with van der Waals surface area (Å²) in [6.07, 6.45) is 0.907. The van der Waals surface area contributed by atoms with E-state index < -0.39 is 28.5 Å². The second-order valence-corrected chi connectivity index (χ2v) is 14.7. The van der Waals surface area contributed by atoms with Gasteiger partial charge in [0.15, 0.2) is 0 Å². The predicted molar refractivity (Wildman–Crippen MR) is 189 cm³/mol. The SMILES string of the molecule is CC[C@@H](C)NC(=O)[C@@H](Cc1ccccc1)N(Cc1cccc(Br)c1)C(=O)CN(c1cc(Cl)ccc1Cl)S(=O)(=O)c1ccc(C)cc1. The number of sulfonamides is 1. The number of nitrogens with one attached hydrogen (secondary N) is 1. The number of rotatable bonds is 13. The van der Waals surface area contributed by atoms with Crippen LogP contribution in [-0.4, -0.2) is 43.8 Å². The van der Waals surface area contributed by atoms with Gasteiger partial charge < -0.3 is 10.2 Å². The highest BCUT2D eigenvalue weighted by molar-refractivity contribution is 9.10. The number of benzene rings is 4. The Morgan fingerprint density at radius 3 is 2.22 bits per heavy atom. The van der Waals surface area contributed by atoms with Gasteiger partial charge in [0.1, 0.15) is 12.6 Å². The van der Waals surface area contributed by atoms with Crippen LogP contribution in [0.1, 0.15) is 37.0 Å². The lowest BCUT2D eigenvalue weighted by atomic mass is 10.0. The summed E-state index contributed by atoms with van der Waals surface area (Å²) in [6.45, 7) is 5.12. The average molecular weight is 746 g/mol. The summed E-state index contributed by atoms with van der Waals surface area (Å²) in [5.41, 5.74) is 2.53. The Kier molecular flexibility index (Phi) is 12.3. The van der Waals surface area contributed by atoms with Crippen molar-refractivity contribution >= 4 is 66.7 Å². The Balaban J connectivity index is 1.84. The molecular weight excluding hydrogens is 709 g/mol. The highest BCUT2D eigenvalue weighted by atomic mass is 79.9. The van der Waals surface area contributed by atoms with Crippen molar-refractivity contribution in [1.29, 1.82) is 0 Å². The van der Waals surface area contributed by atoms with Crippen molar-refractivity contribution in [3.63, 3.8) is 0 Å². The van der Waals surface area contributed by atoms with Gasteiger partial charge in [-0.2, -0.15) is 0 Å². The summed E-state index contributed by atoms with van der Waals surface area (Å²) in [7, 11) is -4.31. The minimum Gasteiger partial charge on any atom is -0.352 e. The lowest BCUT2D eigenvalue weighted by Crippen LogP contribution is -2.54. The van der Waals surface area contributed by atoms with Gasteiger partial charge in [0.05, 0.1) is 15.6 Å². The molecule has 0 heterocycles. The molecule has 2 amide bonds. The van der Waals surface area contributed by atoms with Crippen molar-refractivity contribution in [1.82, 2.24) is 10.2 Å². The predicted octanol–water partition coefficient (Wildman–Crippen LogP) is 7.81. The van der Waals surface area contributed by atoms with Crippen LogP contribution in [-0.2, 0) is 32.6 Å². The number of carbonyl (C=O) groups excluding carboxylic acids is 2. The third-order valence-electron chi connectivity index (χ3n) is 7.58. The van der Waals surface area contributed by atoms with Crippen LogP contribution in [0, 0.1) is 6.92 Å². The minimum absolute atomic E-state index is 0.0177. The first kappa shape index (κ1) is 35.5.